The molecule has 0 bridgehead atoms. The van der Waals surface area contributed by atoms with Gasteiger partial charge in [-0.15, -0.1) is 0 Å². The molecule has 4 aromatic carbocycles. The lowest BCUT2D eigenvalue weighted by Gasteiger charge is -2.07. The number of fused-ring (bicyclic) bond motifs is 3. The molecule has 8 heteroatoms. The number of benzene rings is 4. The summed E-state index contributed by atoms with van der Waals surface area (Å²) in [5.74, 6) is 2.89. The summed E-state index contributed by atoms with van der Waals surface area (Å²) < 4.78 is 11.7. The first-order chi connectivity index (χ1) is 21.0. The Morgan fingerprint density at radius 3 is 1.60 bits per heavy atom. The highest BCUT2D eigenvalue weighted by Gasteiger charge is 2.11. The fourth-order valence-corrected chi connectivity index (χ4v) is 4.50. The number of nitrogens with one attached hydrogen (secondary N) is 1. The number of aromatic amines is 1. The topological polar surface area (TPSA) is 103 Å². The lowest BCUT2D eigenvalue weighted by molar-refractivity contribution is -0.385. The van der Waals surface area contributed by atoms with Crippen molar-refractivity contribution in [3.63, 3.8) is 0 Å². The fourth-order valence-electron chi connectivity index (χ4n) is 4.50. The Balaban J connectivity index is 0.000000413. The van der Waals surface area contributed by atoms with Crippen LogP contribution in [0.4, 0.5) is 5.69 Å². The van der Waals surface area contributed by atoms with Crippen LogP contribution in [0.3, 0.4) is 0 Å². The van der Waals surface area contributed by atoms with Crippen LogP contribution in [0.25, 0.3) is 32.7 Å². The molecule has 0 fully saturated rings. The number of aryl methyl sites for hydroxylation is 1. The number of rotatable bonds is 5. The van der Waals surface area contributed by atoms with E-state index in [-0.39, 0.29) is 35.4 Å². The molecular formula is C39H46N4O4. The first kappa shape index (κ1) is 39.3. The van der Waals surface area contributed by atoms with Crippen LogP contribution in [0.15, 0.2) is 122 Å². The van der Waals surface area contributed by atoms with Gasteiger partial charge in [-0.05, 0) is 91.9 Å². The molecule has 1 N–H and O–H groups in total. The zero-order valence-corrected chi connectivity index (χ0v) is 24.0. The van der Waals surface area contributed by atoms with E-state index in [0.717, 1.165) is 44.2 Å². The number of nitrogens with zero attached hydrogens (tertiary/aromatic N) is 3. The number of hydrogen-bond acceptors (Lipinski definition) is 6. The number of hydrogen-bond donors (Lipinski definition) is 1. The Morgan fingerprint density at radius 1 is 0.617 bits per heavy atom. The fraction of sp³-hybridized carbons (Fsp3) is 0.179. The van der Waals surface area contributed by atoms with Crippen molar-refractivity contribution in [3.05, 3.63) is 137 Å². The third-order valence-corrected chi connectivity index (χ3v) is 6.51. The second kappa shape index (κ2) is 18.3. The summed E-state index contributed by atoms with van der Waals surface area (Å²) in [6.07, 6.45) is 5.46. The highest BCUT2D eigenvalue weighted by Crippen LogP contribution is 2.29. The predicted molar refractivity (Wildman–Crippen MR) is 198 cm³/mol. The van der Waals surface area contributed by atoms with Crippen molar-refractivity contribution in [2.45, 2.75) is 50.5 Å². The molecule has 7 rings (SSSR count). The van der Waals surface area contributed by atoms with Gasteiger partial charge in [0.05, 0.1) is 16.0 Å². The molecule has 246 valence electrons. The van der Waals surface area contributed by atoms with E-state index >= 15 is 0 Å². The largest absolute Gasteiger partial charge is 0.457 e. The normalized spacial score (nSPS) is 9.51. The smallest absolute Gasteiger partial charge is 0.272 e. The van der Waals surface area contributed by atoms with Gasteiger partial charge in [0.15, 0.2) is 0 Å². The monoisotopic (exact) mass is 634 g/mol. The van der Waals surface area contributed by atoms with Gasteiger partial charge in [-0.2, -0.15) is 0 Å². The lowest BCUT2D eigenvalue weighted by atomic mass is 10.2. The van der Waals surface area contributed by atoms with Crippen molar-refractivity contribution in [2.75, 3.05) is 0 Å². The average Bonchev–Trinajstić information content (AvgIpc) is 3.50. The number of nitro groups is 1. The summed E-state index contributed by atoms with van der Waals surface area (Å²) in [5.41, 5.74) is 3.63. The van der Waals surface area contributed by atoms with Crippen LogP contribution in [0.2, 0.25) is 0 Å². The quantitative estimate of drug-likeness (QED) is 0.149. The van der Waals surface area contributed by atoms with Gasteiger partial charge in [-0.1, -0.05) is 55.7 Å². The Hall–Kier alpha value is -5.76. The van der Waals surface area contributed by atoms with E-state index in [2.05, 4.69) is 15.0 Å². The van der Waals surface area contributed by atoms with E-state index in [1.807, 2.05) is 105 Å². The maximum Gasteiger partial charge on any atom is 0.272 e. The molecule has 3 heterocycles. The molecule has 0 amide bonds. The summed E-state index contributed by atoms with van der Waals surface area (Å²) in [6, 6.07) is 32.0. The molecule has 8 nitrogen and oxygen atoms in total. The highest BCUT2D eigenvalue weighted by atomic mass is 16.6. The molecule has 0 aliphatic heterocycles. The van der Waals surface area contributed by atoms with Gasteiger partial charge in [0.2, 0.25) is 0 Å². The molecule has 0 saturated carbocycles. The van der Waals surface area contributed by atoms with E-state index in [1.165, 1.54) is 6.07 Å². The standard InChI is InChI=1S/C17H12N2O.C16H12N2O3.C2H6.4CH4/c1-2-12-10-14(3-5-16(12)18-8-1)20-15-4-6-17-13(11-15)7-9-19-17;1-11-9-13(5-7-16(11)18(19)20)21-14-4-6-15-12(10-14)3-2-8-17-15;1-2;;;;/h1-11,19H;2-10H,1H3;1-2H3;4*1H4. The van der Waals surface area contributed by atoms with E-state index < -0.39 is 4.92 Å². The minimum atomic E-state index is -0.402. The minimum absolute atomic E-state index is 0. The van der Waals surface area contributed by atoms with Crippen LogP contribution in [-0.2, 0) is 0 Å². The number of aromatic nitrogens is 3. The van der Waals surface area contributed by atoms with Crippen LogP contribution < -0.4 is 9.47 Å². The van der Waals surface area contributed by atoms with Crippen molar-refractivity contribution in [1.29, 1.82) is 0 Å². The van der Waals surface area contributed by atoms with Crippen molar-refractivity contribution in [1.82, 2.24) is 15.0 Å². The zero-order chi connectivity index (χ0) is 30.2. The molecule has 0 unspecified atom stereocenters. The molecule has 0 saturated heterocycles. The summed E-state index contributed by atoms with van der Waals surface area (Å²) in [7, 11) is 0. The van der Waals surface area contributed by atoms with E-state index in [9.17, 15) is 10.1 Å². The Labute approximate surface area is 278 Å². The van der Waals surface area contributed by atoms with Crippen LogP contribution in [0.5, 0.6) is 23.0 Å². The first-order valence-corrected chi connectivity index (χ1v) is 13.9. The molecule has 0 aliphatic rings. The summed E-state index contributed by atoms with van der Waals surface area (Å²) in [6.45, 7) is 5.69. The van der Waals surface area contributed by atoms with Crippen LogP contribution >= 0.6 is 0 Å². The SMILES string of the molecule is C.C.C.C.CC.Cc1cc(Oc2ccc3ncccc3c2)ccc1[N+](=O)[O-].c1cnc2ccc(Oc3ccc4[nH]ccc4c3)cc2c1. The van der Waals surface area contributed by atoms with Crippen molar-refractivity contribution >= 4 is 38.4 Å². The maximum absolute atomic E-state index is 10.8. The second-order valence-electron chi connectivity index (χ2n) is 9.35. The van der Waals surface area contributed by atoms with Gasteiger partial charge in [0.25, 0.3) is 5.69 Å². The van der Waals surface area contributed by atoms with Crippen LogP contribution in [-0.4, -0.2) is 19.9 Å². The van der Waals surface area contributed by atoms with Crippen LogP contribution in [0, 0.1) is 17.0 Å². The van der Waals surface area contributed by atoms with E-state index in [4.69, 9.17) is 9.47 Å². The molecule has 0 atom stereocenters. The predicted octanol–water partition coefficient (Wildman–Crippen LogP) is 12.3. The minimum Gasteiger partial charge on any atom is -0.457 e. The second-order valence-corrected chi connectivity index (χ2v) is 9.35. The third-order valence-electron chi connectivity index (χ3n) is 6.51. The lowest BCUT2D eigenvalue weighted by Crippen LogP contribution is -1.92. The van der Waals surface area contributed by atoms with Gasteiger partial charge in [0.1, 0.15) is 23.0 Å². The average molecular weight is 635 g/mol. The molecule has 3 aromatic heterocycles. The number of H-pyrrole nitrogens is 1. The van der Waals surface area contributed by atoms with Crippen LogP contribution in [0.1, 0.15) is 49.1 Å². The van der Waals surface area contributed by atoms with Gasteiger partial charge in [-0.25, -0.2) is 0 Å². The number of ether oxygens (including phenoxy) is 2. The summed E-state index contributed by atoms with van der Waals surface area (Å²) in [4.78, 5) is 22.1. The Bertz CT molecular complexity index is 2020. The molecule has 0 spiro atoms. The molecule has 0 radical (unpaired) electrons. The summed E-state index contributed by atoms with van der Waals surface area (Å²) in [5, 5.41) is 14.0. The van der Waals surface area contributed by atoms with E-state index in [0.29, 0.717) is 17.1 Å². The van der Waals surface area contributed by atoms with Crippen molar-refractivity contribution in [2.24, 2.45) is 0 Å². The Kier molecular flexibility index (Phi) is 15.3. The molecular weight excluding hydrogens is 588 g/mol. The van der Waals surface area contributed by atoms with Crippen molar-refractivity contribution < 1.29 is 14.4 Å². The number of pyridine rings is 2. The highest BCUT2D eigenvalue weighted by molar-refractivity contribution is 5.82. The zero-order valence-electron chi connectivity index (χ0n) is 24.0. The number of nitro benzene ring substituents is 1. The summed E-state index contributed by atoms with van der Waals surface area (Å²) >= 11 is 0. The molecule has 47 heavy (non-hydrogen) atoms. The maximum atomic E-state index is 10.8. The van der Waals surface area contributed by atoms with Gasteiger partial charge < -0.3 is 14.5 Å². The Morgan fingerprint density at radius 2 is 1.09 bits per heavy atom. The molecule has 7 aromatic rings. The first-order valence-electron chi connectivity index (χ1n) is 13.9. The molecule has 0 aliphatic carbocycles. The van der Waals surface area contributed by atoms with E-state index in [1.54, 1.807) is 31.5 Å². The van der Waals surface area contributed by atoms with Gasteiger partial charge in [-0.3, -0.25) is 20.1 Å². The van der Waals surface area contributed by atoms with Gasteiger partial charge >= 0.3 is 0 Å². The third kappa shape index (κ3) is 9.61. The van der Waals surface area contributed by atoms with Gasteiger partial charge in [0, 0.05) is 51.9 Å². The van der Waals surface area contributed by atoms with Crippen molar-refractivity contribution in [3.8, 4) is 23.0 Å².